The molecule has 0 saturated carbocycles. The summed E-state index contributed by atoms with van der Waals surface area (Å²) in [5, 5.41) is 8.80. The summed E-state index contributed by atoms with van der Waals surface area (Å²) in [5.74, 6) is -1.64. The number of hydrogen-bond acceptors (Lipinski definition) is 4. The first-order valence-corrected chi connectivity index (χ1v) is 10.3. The number of rotatable bonds is 5. The maximum atomic E-state index is 14.3. The fraction of sp³-hybridized carbons (Fsp3) is 0.0870. The zero-order chi connectivity index (χ0) is 22.0. The standard InChI is InChI=1S/C23H17F2N3O2S/c1-14-13-19(29)22(27-28(14)18-6-3-2-5-17(18)25)23(30)26-21(20-7-4-12-31-20)15-8-10-16(24)11-9-15/h2-13,21H,1H3,(H,26,30)/t21-/m0/s1. The zero-order valence-electron chi connectivity index (χ0n) is 16.4. The number of hydrogen-bond donors (Lipinski definition) is 1. The summed E-state index contributed by atoms with van der Waals surface area (Å²) in [5.41, 5.74) is 0.227. The van der Waals surface area contributed by atoms with Gasteiger partial charge in [0.05, 0.1) is 6.04 Å². The van der Waals surface area contributed by atoms with Gasteiger partial charge in [0, 0.05) is 16.6 Å². The number of aryl methyl sites for hydroxylation is 1. The average molecular weight is 437 g/mol. The summed E-state index contributed by atoms with van der Waals surface area (Å²) in [6, 6.07) is 16.0. The van der Waals surface area contributed by atoms with Crippen LogP contribution in [0, 0.1) is 18.6 Å². The van der Waals surface area contributed by atoms with Gasteiger partial charge in [-0.1, -0.05) is 30.3 Å². The van der Waals surface area contributed by atoms with Gasteiger partial charge >= 0.3 is 0 Å². The molecule has 0 unspecified atom stereocenters. The second-order valence-corrected chi connectivity index (χ2v) is 7.81. The molecule has 5 nitrogen and oxygen atoms in total. The number of nitrogens with zero attached hydrogens (tertiary/aromatic N) is 2. The topological polar surface area (TPSA) is 64.0 Å². The summed E-state index contributed by atoms with van der Waals surface area (Å²) in [6.07, 6.45) is 0. The van der Waals surface area contributed by atoms with E-state index in [0.717, 1.165) is 4.88 Å². The lowest BCUT2D eigenvalue weighted by molar-refractivity contribution is 0.0935. The fourth-order valence-corrected chi connectivity index (χ4v) is 4.00. The maximum absolute atomic E-state index is 14.3. The third-order valence-electron chi connectivity index (χ3n) is 4.71. The van der Waals surface area contributed by atoms with Crippen molar-refractivity contribution in [3.05, 3.63) is 116 Å². The lowest BCUT2D eigenvalue weighted by Gasteiger charge is -2.18. The lowest BCUT2D eigenvalue weighted by Crippen LogP contribution is -2.34. The fourth-order valence-electron chi connectivity index (χ4n) is 3.20. The predicted molar refractivity (Wildman–Crippen MR) is 115 cm³/mol. The first-order valence-electron chi connectivity index (χ1n) is 9.39. The minimum atomic E-state index is -0.710. The monoisotopic (exact) mass is 437 g/mol. The van der Waals surface area contributed by atoms with Crippen molar-refractivity contribution in [1.82, 2.24) is 15.1 Å². The molecule has 0 saturated heterocycles. The van der Waals surface area contributed by atoms with Crippen molar-refractivity contribution in [2.75, 3.05) is 0 Å². The molecule has 2 aromatic heterocycles. The van der Waals surface area contributed by atoms with Crippen LogP contribution in [0.2, 0.25) is 0 Å². The molecule has 156 valence electrons. The van der Waals surface area contributed by atoms with Crippen molar-refractivity contribution in [2.45, 2.75) is 13.0 Å². The molecule has 1 atom stereocenters. The van der Waals surface area contributed by atoms with Crippen LogP contribution in [0.5, 0.6) is 0 Å². The molecule has 4 rings (SSSR count). The van der Waals surface area contributed by atoms with Crippen LogP contribution in [-0.2, 0) is 0 Å². The molecular weight excluding hydrogens is 420 g/mol. The largest absolute Gasteiger partial charge is 0.339 e. The summed E-state index contributed by atoms with van der Waals surface area (Å²) < 4.78 is 28.9. The Balaban J connectivity index is 1.73. The molecule has 1 N–H and O–H groups in total. The minimum absolute atomic E-state index is 0.127. The van der Waals surface area contributed by atoms with E-state index in [0.29, 0.717) is 11.3 Å². The second kappa shape index (κ2) is 8.61. The van der Waals surface area contributed by atoms with Crippen LogP contribution in [0.25, 0.3) is 5.69 Å². The molecule has 0 aliphatic heterocycles. The van der Waals surface area contributed by atoms with E-state index in [2.05, 4.69) is 10.4 Å². The van der Waals surface area contributed by atoms with E-state index in [1.165, 1.54) is 46.4 Å². The molecule has 0 spiro atoms. The molecule has 31 heavy (non-hydrogen) atoms. The third-order valence-corrected chi connectivity index (χ3v) is 5.65. The van der Waals surface area contributed by atoms with Crippen LogP contribution < -0.4 is 10.7 Å². The summed E-state index contributed by atoms with van der Waals surface area (Å²) >= 11 is 1.41. The van der Waals surface area contributed by atoms with Gasteiger partial charge in [0.15, 0.2) is 5.69 Å². The summed E-state index contributed by atoms with van der Waals surface area (Å²) in [7, 11) is 0. The minimum Gasteiger partial charge on any atom is -0.339 e. The van der Waals surface area contributed by atoms with Gasteiger partial charge in [0.1, 0.15) is 17.3 Å². The van der Waals surface area contributed by atoms with Crippen LogP contribution in [0.3, 0.4) is 0 Å². The number of para-hydroxylation sites is 1. The van der Waals surface area contributed by atoms with Gasteiger partial charge < -0.3 is 5.32 Å². The SMILES string of the molecule is Cc1cc(=O)c(C(=O)N[C@@H](c2ccc(F)cc2)c2cccs2)nn1-c1ccccc1F. The highest BCUT2D eigenvalue weighted by Crippen LogP contribution is 2.26. The first-order chi connectivity index (χ1) is 14.9. The Kier molecular flexibility index (Phi) is 5.73. The van der Waals surface area contributed by atoms with Crippen molar-refractivity contribution >= 4 is 17.2 Å². The Morgan fingerprint density at radius 3 is 2.48 bits per heavy atom. The molecule has 4 aromatic rings. The van der Waals surface area contributed by atoms with E-state index in [-0.39, 0.29) is 11.4 Å². The van der Waals surface area contributed by atoms with Crippen molar-refractivity contribution < 1.29 is 13.6 Å². The summed E-state index contributed by atoms with van der Waals surface area (Å²) in [4.78, 5) is 26.4. The Morgan fingerprint density at radius 1 is 1.06 bits per heavy atom. The van der Waals surface area contributed by atoms with E-state index in [1.807, 2.05) is 17.5 Å². The number of nitrogens with one attached hydrogen (secondary N) is 1. The molecular formula is C23H17F2N3O2S. The van der Waals surface area contributed by atoms with Crippen molar-refractivity contribution in [3.63, 3.8) is 0 Å². The van der Waals surface area contributed by atoms with Gasteiger partial charge in [-0.05, 0) is 48.2 Å². The number of carbonyl (C=O) groups excluding carboxylic acids is 1. The Labute approximate surface area is 180 Å². The molecule has 2 aromatic carbocycles. The Bertz CT molecular complexity index is 1290. The Morgan fingerprint density at radius 2 is 1.81 bits per heavy atom. The van der Waals surface area contributed by atoms with E-state index in [1.54, 1.807) is 31.2 Å². The van der Waals surface area contributed by atoms with Crippen molar-refractivity contribution in [2.24, 2.45) is 0 Å². The number of thiophene rings is 1. The predicted octanol–water partition coefficient (Wildman–Crippen LogP) is 4.40. The normalized spacial score (nSPS) is 11.8. The molecule has 0 fully saturated rings. The third kappa shape index (κ3) is 4.29. The number of aromatic nitrogens is 2. The first kappa shape index (κ1) is 20.6. The van der Waals surface area contributed by atoms with Gasteiger partial charge in [-0.3, -0.25) is 9.59 Å². The number of amides is 1. The van der Waals surface area contributed by atoms with Crippen LogP contribution in [-0.4, -0.2) is 15.7 Å². The molecule has 0 bridgehead atoms. The molecule has 2 heterocycles. The van der Waals surface area contributed by atoms with Crippen LogP contribution in [0.15, 0.2) is 76.9 Å². The van der Waals surface area contributed by atoms with E-state index < -0.39 is 29.0 Å². The maximum Gasteiger partial charge on any atom is 0.276 e. The van der Waals surface area contributed by atoms with Crippen LogP contribution >= 0.6 is 11.3 Å². The molecule has 1 amide bonds. The smallest absolute Gasteiger partial charge is 0.276 e. The summed E-state index contributed by atoms with van der Waals surface area (Å²) in [6.45, 7) is 1.61. The van der Waals surface area contributed by atoms with Gasteiger partial charge in [0.2, 0.25) is 5.43 Å². The number of halogens is 2. The molecule has 0 aliphatic carbocycles. The number of benzene rings is 2. The molecule has 8 heteroatoms. The Hall–Kier alpha value is -3.65. The van der Waals surface area contributed by atoms with E-state index >= 15 is 0 Å². The van der Waals surface area contributed by atoms with E-state index in [4.69, 9.17) is 0 Å². The number of carbonyl (C=O) groups is 1. The molecule has 0 radical (unpaired) electrons. The highest BCUT2D eigenvalue weighted by Gasteiger charge is 2.23. The second-order valence-electron chi connectivity index (χ2n) is 6.84. The molecule has 0 aliphatic rings. The van der Waals surface area contributed by atoms with Gasteiger partial charge in [-0.25, -0.2) is 13.5 Å². The van der Waals surface area contributed by atoms with Gasteiger partial charge in [-0.2, -0.15) is 5.10 Å². The zero-order valence-corrected chi connectivity index (χ0v) is 17.2. The lowest BCUT2D eigenvalue weighted by atomic mass is 10.0. The van der Waals surface area contributed by atoms with Gasteiger partial charge in [-0.15, -0.1) is 11.3 Å². The van der Waals surface area contributed by atoms with Crippen molar-refractivity contribution in [3.8, 4) is 5.69 Å². The quantitative estimate of drug-likeness (QED) is 0.503. The van der Waals surface area contributed by atoms with Crippen LogP contribution in [0.1, 0.15) is 32.7 Å². The van der Waals surface area contributed by atoms with Crippen LogP contribution in [0.4, 0.5) is 8.78 Å². The highest BCUT2D eigenvalue weighted by atomic mass is 32.1. The van der Waals surface area contributed by atoms with Gasteiger partial charge in [0.25, 0.3) is 5.91 Å². The average Bonchev–Trinajstić information content (AvgIpc) is 3.28. The van der Waals surface area contributed by atoms with E-state index in [9.17, 15) is 18.4 Å². The highest BCUT2D eigenvalue weighted by molar-refractivity contribution is 7.10. The van der Waals surface area contributed by atoms with Crippen molar-refractivity contribution in [1.29, 1.82) is 0 Å².